The van der Waals surface area contributed by atoms with E-state index < -0.39 is 22.9 Å². The Kier molecular flexibility index (Phi) is 4.79. The predicted molar refractivity (Wildman–Crippen MR) is 88.8 cm³/mol. The lowest BCUT2D eigenvalue weighted by atomic mass is 9.77. The van der Waals surface area contributed by atoms with Gasteiger partial charge >= 0.3 is 11.8 Å². The minimum Gasteiger partial charge on any atom is -0.372 e. The summed E-state index contributed by atoms with van der Waals surface area (Å²) in [6.07, 6.45) is 1.30. The third-order valence-corrected chi connectivity index (χ3v) is 4.83. The van der Waals surface area contributed by atoms with E-state index in [1.165, 1.54) is 0 Å². The Bertz CT molecular complexity index is 461. The fraction of sp³-hybridized carbons (Fsp3) is 0.882. The van der Waals surface area contributed by atoms with Crippen molar-refractivity contribution in [3.05, 3.63) is 0 Å². The average Bonchev–Trinajstić information content (AvgIpc) is 2.32. The number of ether oxygens (including phenoxy) is 1. The van der Waals surface area contributed by atoms with Crippen molar-refractivity contribution in [1.82, 2.24) is 9.80 Å². The molecule has 2 aliphatic rings. The van der Waals surface area contributed by atoms with Gasteiger partial charge in [0, 0.05) is 30.2 Å². The topological polar surface area (TPSA) is 75.9 Å². The van der Waals surface area contributed by atoms with Crippen LogP contribution in [-0.4, -0.2) is 64.0 Å². The van der Waals surface area contributed by atoms with Crippen LogP contribution in [0.2, 0.25) is 0 Å². The number of amides is 2. The van der Waals surface area contributed by atoms with Gasteiger partial charge in [0.1, 0.15) is 0 Å². The van der Waals surface area contributed by atoms with Crippen LogP contribution in [0.5, 0.6) is 0 Å². The number of nitrogens with zero attached hydrogens (tertiary/aromatic N) is 2. The number of nitrogens with two attached hydrogens (primary N) is 1. The van der Waals surface area contributed by atoms with E-state index >= 15 is 0 Å². The summed E-state index contributed by atoms with van der Waals surface area (Å²) in [4.78, 5) is 29.2. The lowest BCUT2D eigenvalue weighted by molar-refractivity contribution is -0.168. The van der Waals surface area contributed by atoms with Crippen molar-refractivity contribution in [2.45, 2.75) is 83.7 Å². The smallest absolute Gasteiger partial charge is 0.312 e. The normalized spacial score (nSPS) is 31.1. The summed E-state index contributed by atoms with van der Waals surface area (Å²) in [5.74, 6) is -0.850. The second-order valence-corrected chi connectivity index (χ2v) is 8.40. The molecule has 0 aromatic carbocycles. The molecule has 6 heteroatoms. The van der Waals surface area contributed by atoms with E-state index in [9.17, 15) is 9.59 Å². The SMILES string of the molecule is CC1CN(C(=O)C(=O)N2C(C)(C)CC(N)CC2(C)C)CC(C)O1. The van der Waals surface area contributed by atoms with Crippen LogP contribution in [0.1, 0.15) is 54.4 Å². The summed E-state index contributed by atoms with van der Waals surface area (Å²) < 4.78 is 5.65. The number of piperidine rings is 1. The fourth-order valence-electron chi connectivity index (χ4n) is 4.48. The van der Waals surface area contributed by atoms with Crippen molar-refractivity contribution in [3.8, 4) is 0 Å². The summed E-state index contributed by atoms with van der Waals surface area (Å²) in [5.41, 5.74) is 5.29. The van der Waals surface area contributed by atoms with Gasteiger partial charge in [0.25, 0.3) is 0 Å². The Morgan fingerprint density at radius 2 is 1.39 bits per heavy atom. The average molecular weight is 325 g/mol. The zero-order chi connectivity index (χ0) is 17.6. The van der Waals surface area contributed by atoms with Gasteiger partial charge < -0.3 is 20.3 Å². The first-order valence-electron chi connectivity index (χ1n) is 8.48. The third kappa shape index (κ3) is 3.69. The highest BCUT2D eigenvalue weighted by atomic mass is 16.5. The summed E-state index contributed by atoms with van der Waals surface area (Å²) in [5, 5.41) is 0. The maximum Gasteiger partial charge on any atom is 0.312 e. The van der Waals surface area contributed by atoms with Gasteiger partial charge in [0.05, 0.1) is 12.2 Å². The first-order chi connectivity index (χ1) is 10.4. The predicted octanol–water partition coefficient (Wildman–Crippen LogP) is 1.13. The lowest BCUT2D eigenvalue weighted by Gasteiger charge is -2.54. The van der Waals surface area contributed by atoms with Crippen LogP contribution in [-0.2, 0) is 14.3 Å². The number of carbonyl (C=O) groups excluding carboxylic acids is 2. The molecule has 2 amide bonds. The molecule has 2 heterocycles. The van der Waals surface area contributed by atoms with Gasteiger partial charge in [-0.3, -0.25) is 9.59 Å². The van der Waals surface area contributed by atoms with Gasteiger partial charge in [-0.2, -0.15) is 0 Å². The van der Waals surface area contributed by atoms with Crippen LogP contribution < -0.4 is 5.73 Å². The monoisotopic (exact) mass is 325 g/mol. The number of rotatable bonds is 0. The standard InChI is InChI=1S/C17H31N3O3/c1-11-9-19(10-12(2)23-11)14(21)15(22)20-16(3,4)7-13(18)8-17(20,5)6/h11-13H,7-10,18H2,1-6H3. The molecule has 2 N–H and O–H groups in total. The molecule has 23 heavy (non-hydrogen) atoms. The number of carbonyl (C=O) groups is 2. The second-order valence-electron chi connectivity index (χ2n) is 8.40. The van der Waals surface area contributed by atoms with Crippen LogP contribution in [0.3, 0.4) is 0 Å². The van der Waals surface area contributed by atoms with Crippen molar-refractivity contribution in [2.24, 2.45) is 5.73 Å². The molecule has 2 aliphatic heterocycles. The molecule has 0 saturated carbocycles. The molecule has 0 aromatic heterocycles. The van der Waals surface area contributed by atoms with Gasteiger partial charge in [-0.25, -0.2) is 0 Å². The third-order valence-electron chi connectivity index (χ3n) is 4.83. The van der Waals surface area contributed by atoms with Gasteiger partial charge in [-0.15, -0.1) is 0 Å². The number of hydrogen-bond acceptors (Lipinski definition) is 4. The second kappa shape index (κ2) is 6.06. The van der Waals surface area contributed by atoms with Crippen LogP contribution in [0.15, 0.2) is 0 Å². The van der Waals surface area contributed by atoms with E-state index in [0.717, 1.165) is 0 Å². The molecule has 2 atom stereocenters. The number of hydrogen-bond donors (Lipinski definition) is 1. The van der Waals surface area contributed by atoms with Crippen LogP contribution >= 0.6 is 0 Å². The van der Waals surface area contributed by atoms with E-state index in [-0.39, 0.29) is 18.2 Å². The first-order valence-corrected chi connectivity index (χ1v) is 8.48. The molecule has 2 unspecified atom stereocenters. The zero-order valence-corrected chi connectivity index (χ0v) is 15.3. The maximum absolute atomic E-state index is 13.0. The van der Waals surface area contributed by atoms with Gasteiger partial charge in [0.2, 0.25) is 0 Å². The molecular formula is C17H31N3O3. The van der Waals surface area contributed by atoms with Crippen molar-refractivity contribution >= 4 is 11.8 Å². The van der Waals surface area contributed by atoms with Gasteiger partial charge in [-0.05, 0) is 54.4 Å². The Hall–Kier alpha value is -1.14. The van der Waals surface area contributed by atoms with E-state index in [1.807, 2.05) is 41.5 Å². The quantitative estimate of drug-likeness (QED) is 0.677. The van der Waals surface area contributed by atoms with E-state index in [2.05, 4.69) is 0 Å². The molecule has 2 rings (SSSR count). The molecule has 0 radical (unpaired) electrons. The van der Waals surface area contributed by atoms with E-state index in [0.29, 0.717) is 25.9 Å². The van der Waals surface area contributed by atoms with E-state index in [4.69, 9.17) is 10.5 Å². The van der Waals surface area contributed by atoms with Crippen LogP contribution in [0, 0.1) is 0 Å². The fourth-order valence-corrected chi connectivity index (χ4v) is 4.48. The highest BCUT2D eigenvalue weighted by molar-refractivity contribution is 6.35. The molecule has 6 nitrogen and oxygen atoms in total. The highest BCUT2D eigenvalue weighted by Gasteiger charge is 2.49. The molecule has 0 aromatic rings. The molecular weight excluding hydrogens is 294 g/mol. The van der Waals surface area contributed by atoms with Gasteiger partial charge in [-0.1, -0.05) is 0 Å². The minimum atomic E-state index is -0.433. The van der Waals surface area contributed by atoms with E-state index in [1.54, 1.807) is 9.80 Å². The minimum absolute atomic E-state index is 0.0441. The van der Waals surface area contributed by atoms with Crippen molar-refractivity contribution < 1.29 is 14.3 Å². The molecule has 0 aliphatic carbocycles. The van der Waals surface area contributed by atoms with Crippen molar-refractivity contribution in [2.75, 3.05) is 13.1 Å². The maximum atomic E-state index is 13.0. The van der Waals surface area contributed by atoms with Crippen LogP contribution in [0.25, 0.3) is 0 Å². The number of likely N-dealkylation sites (tertiary alicyclic amines) is 1. The highest BCUT2D eigenvalue weighted by Crippen LogP contribution is 2.38. The summed E-state index contributed by atoms with van der Waals surface area (Å²) in [7, 11) is 0. The molecule has 0 bridgehead atoms. The summed E-state index contributed by atoms with van der Waals surface area (Å²) >= 11 is 0. The molecule has 132 valence electrons. The van der Waals surface area contributed by atoms with Crippen molar-refractivity contribution in [1.29, 1.82) is 0 Å². The van der Waals surface area contributed by atoms with Crippen LogP contribution in [0.4, 0.5) is 0 Å². The Morgan fingerprint density at radius 3 is 1.83 bits per heavy atom. The molecule has 0 spiro atoms. The molecule has 2 fully saturated rings. The van der Waals surface area contributed by atoms with Gasteiger partial charge in [0.15, 0.2) is 0 Å². The first kappa shape index (κ1) is 18.2. The largest absolute Gasteiger partial charge is 0.372 e. The Labute approximate surface area is 139 Å². The summed E-state index contributed by atoms with van der Waals surface area (Å²) in [6.45, 7) is 12.7. The lowest BCUT2D eigenvalue weighted by Crippen LogP contribution is -2.68. The van der Waals surface area contributed by atoms with Crippen molar-refractivity contribution in [3.63, 3.8) is 0 Å². The summed E-state index contributed by atoms with van der Waals surface area (Å²) in [6, 6.07) is 0.0441. The Morgan fingerprint density at radius 1 is 0.957 bits per heavy atom. The zero-order valence-electron chi connectivity index (χ0n) is 15.3. The number of morpholine rings is 1. The molecule has 2 saturated heterocycles. The Balaban J connectivity index is 2.22.